The molecule has 0 amide bonds. The molecule has 0 aromatic carbocycles. The molecule has 0 radical (unpaired) electrons. The van der Waals surface area contributed by atoms with Crippen molar-refractivity contribution in [2.24, 2.45) is 0 Å². The Labute approximate surface area is 83.6 Å². The van der Waals surface area contributed by atoms with Gasteiger partial charge >= 0.3 is 0 Å². The standard InChI is InChI=1S/C8H5N7/c1-2-10-7-5(9-1)3-11-8(13-7)6-4-12-15-14-6/h1-4H,(H,12,14,15). The van der Waals surface area contributed by atoms with E-state index in [4.69, 9.17) is 0 Å². The first-order valence-electron chi connectivity index (χ1n) is 4.24. The van der Waals surface area contributed by atoms with Crippen molar-refractivity contribution in [2.45, 2.75) is 0 Å². The monoisotopic (exact) mass is 199 g/mol. The Kier molecular flexibility index (Phi) is 1.61. The van der Waals surface area contributed by atoms with E-state index in [1.807, 2.05) is 0 Å². The summed E-state index contributed by atoms with van der Waals surface area (Å²) in [4.78, 5) is 16.5. The summed E-state index contributed by atoms with van der Waals surface area (Å²) in [6.45, 7) is 0. The van der Waals surface area contributed by atoms with Crippen molar-refractivity contribution >= 4 is 11.2 Å². The smallest absolute Gasteiger partial charge is 0.183 e. The van der Waals surface area contributed by atoms with E-state index < -0.39 is 0 Å². The number of H-pyrrole nitrogens is 1. The van der Waals surface area contributed by atoms with Crippen LogP contribution in [0.1, 0.15) is 0 Å². The molecule has 3 heterocycles. The van der Waals surface area contributed by atoms with Gasteiger partial charge in [0.15, 0.2) is 11.5 Å². The molecule has 0 aliphatic heterocycles. The Balaban J connectivity index is 2.22. The highest BCUT2D eigenvalue weighted by Crippen LogP contribution is 2.11. The molecule has 15 heavy (non-hydrogen) atoms. The van der Waals surface area contributed by atoms with Crippen molar-refractivity contribution in [3.05, 3.63) is 24.8 Å². The maximum Gasteiger partial charge on any atom is 0.183 e. The second kappa shape index (κ2) is 3.05. The van der Waals surface area contributed by atoms with Gasteiger partial charge in [-0.1, -0.05) is 5.21 Å². The van der Waals surface area contributed by atoms with Gasteiger partial charge in [0.2, 0.25) is 0 Å². The Hall–Kier alpha value is -2.44. The highest BCUT2D eigenvalue weighted by atomic mass is 15.3. The Morgan fingerprint density at radius 3 is 2.87 bits per heavy atom. The molecule has 0 saturated heterocycles. The van der Waals surface area contributed by atoms with Crippen LogP contribution in [0.25, 0.3) is 22.7 Å². The quantitative estimate of drug-likeness (QED) is 0.601. The van der Waals surface area contributed by atoms with Gasteiger partial charge in [-0.2, -0.15) is 0 Å². The van der Waals surface area contributed by atoms with Gasteiger partial charge < -0.3 is 0 Å². The van der Waals surface area contributed by atoms with E-state index in [-0.39, 0.29) is 0 Å². The summed E-state index contributed by atoms with van der Waals surface area (Å²) >= 11 is 0. The topological polar surface area (TPSA) is 93.1 Å². The molecule has 0 saturated carbocycles. The van der Waals surface area contributed by atoms with E-state index in [9.17, 15) is 0 Å². The van der Waals surface area contributed by atoms with Crippen molar-refractivity contribution in [3.63, 3.8) is 0 Å². The normalized spacial score (nSPS) is 10.7. The average molecular weight is 199 g/mol. The molecular weight excluding hydrogens is 194 g/mol. The van der Waals surface area contributed by atoms with E-state index in [2.05, 4.69) is 35.3 Å². The SMILES string of the molecule is c1cnc2nc(-c3c[nH]nn3)ncc2n1. The summed E-state index contributed by atoms with van der Waals surface area (Å²) in [5.41, 5.74) is 1.79. The molecule has 0 aliphatic rings. The van der Waals surface area contributed by atoms with Crippen molar-refractivity contribution in [1.82, 2.24) is 35.3 Å². The minimum absolute atomic E-state index is 0.483. The third-order valence-corrected chi connectivity index (χ3v) is 1.87. The second-order valence-corrected chi connectivity index (χ2v) is 2.82. The largest absolute Gasteiger partial charge is 0.265 e. The number of aromatic nitrogens is 7. The fourth-order valence-corrected chi connectivity index (χ4v) is 1.20. The maximum absolute atomic E-state index is 4.21. The van der Waals surface area contributed by atoms with Crippen molar-refractivity contribution in [2.75, 3.05) is 0 Å². The lowest BCUT2D eigenvalue weighted by atomic mass is 10.4. The van der Waals surface area contributed by atoms with Gasteiger partial charge in [0.05, 0.1) is 12.4 Å². The zero-order chi connectivity index (χ0) is 10.1. The number of rotatable bonds is 1. The van der Waals surface area contributed by atoms with Gasteiger partial charge in [-0.25, -0.2) is 19.9 Å². The van der Waals surface area contributed by atoms with Crippen LogP contribution in [0, 0.1) is 0 Å². The maximum atomic E-state index is 4.21. The van der Waals surface area contributed by atoms with Gasteiger partial charge in [-0.15, -0.1) is 5.10 Å². The van der Waals surface area contributed by atoms with Gasteiger partial charge in [0, 0.05) is 12.4 Å². The van der Waals surface area contributed by atoms with Crippen LogP contribution in [-0.2, 0) is 0 Å². The van der Waals surface area contributed by atoms with Crippen LogP contribution in [0.2, 0.25) is 0 Å². The summed E-state index contributed by atoms with van der Waals surface area (Å²) < 4.78 is 0. The molecule has 0 spiro atoms. The zero-order valence-electron chi connectivity index (χ0n) is 7.49. The molecule has 0 bridgehead atoms. The van der Waals surface area contributed by atoms with Gasteiger partial charge in [-0.3, -0.25) is 5.10 Å². The Bertz CT molecular complexity index is 589. The van der Waals surface area contributed by atoms with Crippen LogP contribution in [0.3, 0.4) is 0 Å². The van der Waals surface area contributed by atoms with Crippen molar-refractivity contribution in [3.8, 4) is 11.5 Å². The van der Waals surface area contributed by atoms with Gasteiger partial charge in [0.1, 0.15) is 11.2 Å². The number of nitrogens with zero attached hydrogens (tertiary/aromatic N) is 6. The lowest BCUT2D eigenvalue weighted by Crippen LogP contribution is -1.93. The first-order chi connectivity index (χ1) is 7.43. The summed E-state index contributed by atoms with van der Waals surface area (Å²) in [6, 6.07) is 0. The minimum atomic E-state index is 0.483. The minimum Gasteiger partial charge on any atom is -0.265 e. The first kappa shape index (κ1) is 7.92. The van der Waals surface area contributed by atoms with E-state index >= 15 is 0 Å². The fraction of sp³-hybridized carbons (Fsp3) is 0. The number of hydrogen-bond acceptors (Lipinski definition) is 6. The van der Waals surface area contributed by atoms with Crippen LogP contribution < -0.4 is 0 Å². The van der Waals surface area contributed by atoms with E-state index in [0.29, 0.717) is 22.7 Å². The molecule has 3 aromatic rings. The molecule has 3 aromatic heterocycles. The summed E-state index contributed by atoms with van der Waals surface area (Å²) in [5, 5.41) is 10.0. The summed E-state index contributed by atoms with van der Waals surface area (Å²) in [6.07, 6.45) is 6.42. The third kappa shape index (κ3) is 1.30. The second-order valence-electron chi connectivity index (χ2n) is 2.82. The molecule has 0 fully saturated rings. The highest BCUT2D eigenvalue weighted by Gasteiger charge is 2.05. The number of hydrogen-bond donors (Lipinski definition) is 1. The number of aromatic amines is 1. The van der Waals surface area contributed by atoms with Crippen LogP contribution in [0.4, 0.5) is 0 Å². The predicted octanol–water partition coefficient (Wildman–Crippen LogP) is 0.205. The Morgan fingerprint density at radius 2 is 2.00 bits per heavy atom. The predicted molar refractivity (Wildman–Crippen MR) is 50.5 cm³/mol. The molecule has 0 aliphatic carbocycles. The van der Waals surface area contributed by atoms with E-state index in [0.717, 1.165) is 0 Å². The number of nitrogens with one attached hydrogen (secondary N) is 1. The zero-order valence-corrected chi connectivity index (χ0v) is 7.49. The molecule has 0 unspecified atom stereocenters. The van der Waals surface area contributed by atoms with Crippen LogP contribution >= 0.6 is 0 Å². The molecule has 7 nitrogen and oxygen atoms in total. The van der Waals surface area contributed by atoms with Crippen LogP contribution in [0.15, 0.2) is 24.8 Å². The first-order valence-corrected chi connectivity index (χ1v) is 4.24. The molecule has 1 N–H and O–H groups in total. The van der Waals surface area contributed by atoms with E-state index in [1.165, 1.54) is 0 Å². The lowest BCUT2D eigenvalue weighted by molar-refractivity contribution is 0.938. The van der Waals surface area contributed by atoms with Crippen LogP contribution in [0.5, 0.6) is 0 Å². The molecule has 7 heteroatoms. The van der Waals surface area contributed by atoms with E-state index in [1.54, 1.807) is 24.8 Å². The molecule has 0 atom stereocenters. The molecule has 72 valence electrons. The van der Waals surface area contributed by atoms with Crippen LogP contribution in [-0.4, -0.2) is 35.3 Å². The molecular formula is C8H5N7. The summed E-state index contributed by atoms with van der Waals surface area (Å²) in [7, 11) is 0. The Morgan fingerprint density at radius 1 is 1.07 bits per heavy atom. The average Bonchev–Trinajstić information content (AvgIpc) is 2.82. The van der Waals surface area contributed by atoms with Gasteiger partial charge in [0.25, 0.3) is 0 Å². The molecule has 3 rings (SSSR count). The number of fused-ring (bicyclic) bond motifs is 1. The highest BCUT2D eigenvalue weighted by molar-refractivity contribution is 5.70. The third-order valence-electron chi connectivity index (χ3n) is 1.87. The lowest BCUT2D eigenvalue weighted by Gasteiger charge is -1.96. The van der Waals surface area contributed by atoms with Crippen molar-refractivity contribution < 1.29 is 0 Å². The van der Waals surface area contributed by atoms with Crippen molar-refractivity contribution in [1.29, 1.82) is 0 Å². The fourth-order valence-electron chi connectivity index (χ4n) is 1.20. The van der Waals surface area contributed by atoms with Gasteiger partial charge in [-0.05, 0) is 0 Å². The summed E-state index contributed by atoms with van der Waals surface area (Å²) in [5.74, 6) is 0.483.